The van der Waals surface area contributed by atoms with Crippen molar-refractivity contribution in [3.63, 3.8) is 0 Å². The zero-order valence-electron chi connectivity index (χ0n) is 10.4. The molecule has 0 aliphatic heterocycles. The van der Waals surface area contributed by atoms with E-state index in [1.807, 2.05) is 6.92 Å². The van der Waals surface area contributed by atoms with E-state index in [4.69, 9.17) is 15.2 Å². The molecule has 0 aromatic rings. The first-order valence-electron chi connectivity index (χ1n) is 5.81. The minimum Gasteiger partial charge on any atom is -0.380 e. The molecule has 0 aromatic heterocycles. The van der Waals surface area contributed by atoms with Gasteiger partial charge in [-0.05, 0) is 19.9 Å². The van der Waals surface area contributed by atoms with Gasteiger partial charge < -0.3 is 20.1 Å². The Kier molecular flexibility index (Phi) is 10.3. The Labute approximate surface area is 93.7 Å². The molecule has 0 fully saturated rings. The number of ether oxygens (including phenoxy) is 2. The first-order valence-corrected chi connectivity index (χ1v) is 5.81. The SMILES string of the molecule is CCOCCN(CC)CCC(CN)OC. The maximum atomic E-state index is 5.56. The lowest BCUT2D eigenvalue weighted by Crippen LogP contribution is -2.33. The van der Waals surface area contributed by atoms with E-state index >= 15 is 0 Å². The average Bonchev–Trinajstić information content (AvgIpc) is 2.28. The van der Waals surface area contributed by atoms with Crippen molar-refractivity contribution < 1.29 is 9.47 Å². The van der Waals surface area contributed by atoms with E-state index in [0.717, 1.165) is 39.3 Å². The lowest BCUT2D eigenvalue weighted by molar-refractivity contribution is 0.0783. The Balaban J connectivity index is 3.59. The van der Waals surface area contributed by atoms with Gasteiger partial charge in [-0.15, -0.1) is 0 Å². The van der Waals surface area contributed by atoms with Crippen LogP contribution in [0.4, 0.5) is 0 Å². The fraction of sp³-hybridized carbons (Fsp3) is 1.00. The number of nitrogens with zero attached hydrogens (tertiary/aromatic N) is 1. The van der Waals surface area contributed by atoms with Gasteiger partial charge in [0.05, 0.1) is 12.7 Å². The van der Waals surface area contributed by atoms with Crippen LogP contribution in [0.5, 0.6) is 0 Å². The first-order chi connectivity index (χ1) is 7.28. The molecule has 0 amide bonds. The molecule has 0 spiro atoms. The minimum atomic E-state index is 0.186. The van der Waals surface area contributed by atoms with E-state index in [9.17, 15) is 0 Å². The van der Waals surface area contributed by atoms with E-state index in [0.29, 0.717) is 6.54 Å². The zero-order valence-corrected chi connectivity index (χ0v) is 10.4. The van der Waals surface area contributed by atoms with Gasteiger partial charge in [0.25, 0.3) is 0 Å². The highest BCUT2D eigenvalue weighted by molar-refractivity contribution is 4.63. The lowest BCUT2D eigenvalue weighted by atomic mass is 10.2. The molecule has 4 nitrogen and oxygen atoms in total. The van der Waals surface area contributed by atoms with Crippen molar-refractivity contribution in [2.75, 3.05) is 46.5 Å². The molecule has 4 heteroatoms. The Morgan fingerprint density at radius 1 is 1.27 bits per heavy atom. The summed E-state index contributed by atoms with van der Waals surface area (Å²) in [5.41, 5.74) is 5.56. The Morgan fingerprint density at radius 3 is 2.47 bits per heavy atom. The van der Waals surface area contributed by atoms with Crippen molar-refractivity contribution in [2.24, 2.45) is 5.73 Å². The second-order valence-corrected chi connectivity index (χ2v) is 3.51. The summed E-state index contributed by atoms with van der Waals surface area (Å²) in [4.78, 5) is 2.36. The number of nitrogens with two attached hydrogens (primary N) is 1. The third kappa shape index (κ3) is 7.73. The Morgan fingerprint density at radius 2 is 2.00 bits per heavy atom. The summed E-state index contributed by atoms with van der Waals surface area (Å²) in [7, 11) is 1.72. The van der Waals surface area contributed by atoms with Crippen LogP contribution in [0.2, 0.25) is 0 Å². The van der Waals surface area contributed by atoms with Gasteiger partial charge in [0, 0.05) is 33.4 Å². The molecule has 2 N–H and O–H groups in total. The smallest absolute Gasteiger partial charge is 0.0705 e. The maximum absolute atomic E-state index is 5.56. The number of rotatable bonds is 10. The largest absolute Gasteiger partial charge is 0.380 e. The topological polar surface area (TPSA) is 47.7 Å². The first kappa shape index (κ1) is 14.8. The molecule has 0 rings (SSSR count). The lowest BCUT2D eigenvalue weighted by Gasteiger charge is -2.22. The fourth-order valence-electron chi connectivity index (χ4n) is 1.42. The van der Waals surface area contributed by atoms with Crippen LogP contribution in [0.15, 0.2) is 0 Å². The molecular formula is C11H26N2O2. The zero-order chi connectivity index (χ0) is 11.5. The van der Waals surface area contributed by atoms with Crippen molar-refractivity contribution in [1.82, 2.24) is 4.90 Å². The number of hydrogen-bond acceptors (Lipinski definition) is 4. The summed E-state index contributed by atoms with van der Waals surface area (Å²) in [5, 5.41) is 0. The van der Waals surface area contributed by atoms with Crippen molar-refractivity contribution in [3.8, 4) is 0 Å². The molecule has 0 saturated carbocycles. The van der Waals surface area contributed by atoms with E-state index in [1.54, 1.807) is 7.11 Å². The van der Waals surface area contributed by atoms with Gasteiger partial charge in [-0.3, -0.25) is 0 Å². The molecule has 0 aromatic carbocycles. The van der Waals surface area contributed by atoms with Crippen molar-refractivity contribution in [1.29, 1.82) is 0 Å². The summed E-state index contributed by atoms with van der Waals surface area (Å²) in [6.45, 7) is 9.45. The van der Waals surface area contributed by atoms with E-state index in [1.165, 1.54) is 0 Å². The summed E-state index contributed by atoms with van der Waals surface area (Å²) in [5.74, 6) is 0. The van der Waals surface area contributed by atoms with E-state index in [-0.39, 0.29) is 6.10 Å². The van der Waals surface area contributed by atoms with Gasteiger partial charge in [-0.2, -0.15) is 0 Å². The van der Waals surface area contributed by atoms with Crippen molar-refractivity contribution in [2.45, 2.75) is 26.4 Å². The summed E-state index contributed by atoms with van der Waals surface area (Å²) in [6, 6.07) is 0. The van der Waals surface area contributed by atoms with Gasteiger partial charge in [-0.25, -0.2) is 0 Å². The van der Waals surface area contributed by atoms with Crippen molar-refractivity contribution in [3.05, 3.63) is 0 Å². The second kappa shape index (κ2) is 10.4. The van der Waals surface area contributed by atoms with Gasteiger partial charge in [0.2, 0.25) is 0 Å². The van der Waals surface area contributed by atoms with Gasteiger partial charge in [0.1, 0.15) is 0 Å². The standard InChI is InChI=1S/C11H26N2O2/c1-4-13(8-9-15-5-2)7-6-11(10-12)14-3/h11H,4-10,12H2,1-3H3. The fourth-order valence-corrected chi connectivity index (χ4v) is 1.42. The average molecular weight is 218 g/mol. The summed E-state index contributed by atoms with van der Waals surface area (Å²) < 4.78 is 10.6. The summed E-state index contributed by atoms with van der Waals surface area (Å²) in [6.07, 6.45) is 1.18. The molecule has 0 aliphatic rings. The monoisotopic (exact) mass is 218 g/mol. The second-order valence-electron chi connectivity index (χ2n) is 3.51. The molecule has 15 heavy (non-hydrogen) atoms. The predicted molar refractivity (Wildman–Crippen MR) is 63.1 cm³/mol. The Hall–Kier alpha value is -0.160. The van der Waals surface area contributed by atoms with E-state index in [2.05, 4.69) is 11.8 Å². The molecule has 0 heterocycles. The molecule has 0 saturated heterocycles. The quantitative estimate of drug-likeness (QED) is 0.549. The van der Waals surface area contributed by atoms with Gasteiger partial charge in [0.15, 0.2) is 0 Å². The van der Waals surface area contributed by atoms with Crippen LogP contribution in [0, 0.1) is 0 Å². The number of likely N-dealkylation sites (N-methyl/N-ethyl adjacent to an activating group) is 1. The van der Waals surface area contributed by atoms with Crippen LogP contribution >= 0.6 is 0 Å². The number of hydrogen-bond donors (Lipinski definition) is 1. The van der Waals surface area contributed by atoms with Crippen LogP contribution in [0.25, 0.3) is 0 Å². The molecule has 1 atom stereocenters. The highest BCUT2D eigenvalue weighted by Crippen LogP contribution is 1.98. The third-order valence-electron chi connectivity index (χ3n) is 2.57. The Bertz CT molecular complexity index is 130. The molecule has 92 valence electrons. The van der Waals surface area contributed by atoms with Crippen LogP contribution in [0.1, 0.15) is 20.3 Å². The highest BCUT2D eigenvalue weighted by atomic mass is 16.5. The molecular weight excluding hydrogens is 192 g/mol. The minimum absolute atomic E-state index is 0.186. The van der Waals surface area contributed by atoms with Crippen LogP contribution in [-0.2, 0) is 9.47 Å². The molecule has 1 unspecified atom stereocenters. The van der Waals surface area contributed by atoms with E-state index < -0.39 is 0 Å². The van der Waals surface area contributed by atoms with Crippen LogP contribution in [0.3, 0.4) is 0 Å². The van der Waals surface area contributed by atoms with Crippen LogP contribution in [-0.4, -0.2) is 57.5 Å². The maximum Gasteiger partial charge on any atom is 0.0705 e. The molecule has 0 bridgehead atoms. The van der Waals surface area contributed by atoms with Gasteiger partial charge in [-0.1, -0.05) is 6.92 Å². The predicted octanol–water partition coefficient (Wildman–Crippen LogP) is 0.709. The molecule has 0 aliphatic carbocycles. The van der Waals surface area contributed by atoms with Gasteiger partial charge >= 0.3 is 0 Å². The normalized spacial score (nSPS) is 13.4. The number of methoxy groups -OCH3 is 1. The van der Waals surface area contributed by atoms with Crippen LogP contribution < -0.4 is 5.73 Å². The summed E-state index contributed by atoms with van der Waals surface area (Å²) >= 11 is 0. The van der Waals surface area contributed by atoms with Crippen molar-refractivity contribution >= 4 is 0 Å². The molecule has 0 radical (unpaired) electrons. The highest BCUT2D eigenvalue weighted by Gasteiger charge is 2.08. The third-order valence-corrected chi connectivity index (χ3v) is 2.57.